The van der Waals surface area contributed by atoms with Gasteiger partial charge in [0.2, 0.25) is 0 Å². The van der Waals surface area contributed by atoms with Crippen molar-refractivity contribution in [2.24, 2.45) is 11.8 Å². The number of halogens is 2. The first kappa shape index (κ1) is 17.7. The smallest absolute Gasteiger partial charge is 0.0589 e. The van der Waals surface area contributed by atoms with E-state index in [1.807, 2.05) is 12.1 Å². The van der Waals surface area contributed by atoms with E-state index in [1.165, 1.54) is 18.7 Å². The molecular weight excluding hydrogens is 341 g/mol. The van der Waals surface area contributed by atoms with Crippen molar-refractivity contribution in [2.45, 2.75) is 12.6 Å². The van der Waals surface area contributed by atoms with E-state index in [1.54, 1.807) is 6.20 Å². The highest BCUT2D eigenvalue weighted by molar-refractivity contribution is 6.30. The number of likely N-dealkylation sites (tertiary alicyclic amines) is 2. The number of benzene rings is 1. The van der Waals surface area contributed by atoms with Gasteiger partial charge < -0.3 is 0 Å². The maximum Gasteiger partial charge on any atom is 0.0589 e. The van der Waals surface area contributed by atoms with Gasteiger partial charge in [-0.15, -0.1) is 12.4 Å². The van der Waals surface area contributed by atoms with Gasteiger partial charge in [-0.2, -0.15) is 0 Å². The van der Waals surface area contributed by atoms with Crippen molar-refractivity contribution in [2.75, 3.05) is 26.7 Å². The quantitative estimate of drug-likeness (QED) is 0.824. The summed E-state index contributed by atoms with van der Waals surface area (Å²) in [6.45, 7) is 4.44. The molecule has 0 N–H and O–H groups in total. The summed E-state index contributed by atoms with van der Waals surface area (Å²) in [6, 6.07) is 15.5. The molecule has 2 aromatic rings. The van der Waals surface area contributed by atoms with Crippen LogP contribution in [0.15, 0.2) is 48.7 Å². The minimum atomic E-state index is 0. The van der Waals surface area contributed by atoms with Crippen LogP contribution in [0.1, 0.15) is 17.3 Å². The molecule has 1 aromatic heterocycles. The van der Waals surface area contributed by atoms with E-state index < -0.39 is 0 Å². The van der Waals surface area contributed by atoms with E-state index in [-0.39, 0.29) is 12.4 Å². The minimum absolute atomic E-state index is 0. The zero-order valence-electron chi connectivity index (χ0n) is 13.8. The van der Waals surface area contributed by atoms with Crippen molar-refractivity contribution in [1.82, 2.24) is 14.8 Å². The van der Waals surface area contributed by atoms with Crippen molar-refractivity contribution in [3.05, 3.63) is 64.9 Å². The Morgan fingerprint density at radius 2 is 1.88 bits per heavy atom. The largest absolute Gasteiger partial charge is 0.299 e. The molecule has 0 spiro atoms. The highest BCUT2D eigenvalue weighted by Gasteiger charge is 2.45. The van der Waals surface area contributed by atoms with E-state index in [4.69, 9.17) is 11.6 Å². The SMILES string of the molecule is CN1C[C@H]2CN(Cc3ccc(Cl)cn3)C[C@H]2[C@@H]1c1ccccc1.Cl. The zero-order chi connectivity index (χ0) is 15.8. The molecular formula is C19H23Cl2N3. The van der Waals surface area contributed by atoms with Gasteiger partial charge >= 0.3 is 0 Å². The fourth-order valence-electron chi connectivity index (χ4n) is 4.36. The molecule has 4 rings (SSSR count). The van der Waals surface area contributed by atoms with Gasteiger partial charge in [-0.25, -0.2) is 0 Å². The Morgan fingerprint density at radius 3 is 2.58 bits per heavy atom. The molecule has 2 aliphatic rings. The zero-order valence-corrected chi connectivity index (χ0v) is 15.4. The third-order valence-electron chi connectivity index (χ3n) is 5.29. The maximum absolute atomic E-state index is 5.93. The molecule has 5 heteroatoms. The highest BCUT2D eigenvalue weighted by Crippen LogP contribution is 2.44. The van der Waals surface area contributed by atoms with Crippen LogP contribution in [0.3, 0.4) is 0 Å². The molecule has 128 valence electrons. The number of hydrogen-bond donors (Lipinski definition) is 0. The average molecular weight is 364 g/mol. The van der Waals surface area contributed by atoms with Crippen molar-refractivity contribution < 1.29 is 0 Å². The fourth-order valence-corrected chi connectivity index (χ4v) is 4.47. The molecule has 2 aliphatic heterocycles. The lowest BCUT2D eigenvalue weighted by Crippen LogP contribution is -2.29. The predicted molar refractivity (Wildman–Crippen MR) is 101 cm³/mol. The lowest BCUT2D eigenvalue weighted by atomic mass is 9.90. The van der Waals surface area contributed by atoms with E-state index in [0.717, 1.165) is 30.6 Å². The standard InChI is InChI=1S/C19H22ClN3.ClH/c1-22-10-15-11-23(12-17-8-7-16(20)9-21-17)13-18(15)19(22)14-5-3-2-4-6-14;/h2-9,15,18-19H,10-13H2,1H3;1H/t15-,18+,19-;/m0./s1. The molecule has 24 heavy (non-hydrogen) atoms. The predicted octanol–water partition coefficient (Wildman–Crippen LogP) is 3.89. The van der Waals surface area contributed by atoms with Crippen LogP contribution in [0.25, 0.3) is 0 Å². The fraction of sp³-hybridized carbons (Fsp3) is 0.421. The number of nitrogens with zero attached hydrogens (tertiary/aromatic N) is 3. The van der Waals surface area contributed by atoms with Crippen LogP contribution in [0.5, 0.6) is 0 Å². The van der Waals surface area contributed by atoms with Gasteiger partial charge in [-0.05, 0) is 36.6 Å². The highest BCUT2D eigenvalue weighted by atomic mass is 35.5. The normalized spacial score (nSPS) is 27.0. The summed E-state index contributed by atoms with van der Waals surface area (Å²) in [7, 11) is 2.26. The second-order valence-electron chi connectivity index (χ2n) is 6.88. The van der Waals surface area contributed by atoms with Gasteiger partial charge in [0.1, 0.15) is 0 Å². The summed E-state index contributed by atoms with van der Waals surface area (Å²) in [5, 5.41) is 0.706. The van der Waals surface area contributed by atoms with Gasteiger partial charge in [0.15, 0.2) is 0 Å². The molecule has 0 radical (unpaired) electrons. The van der Waals surface area contributed by atoms with Crippen LogP contribution < -0.4 is 0 Å². The Balaban J connectivity index is 0.00000169. The van der Waals surface area contributed by atoms with Gasteiger partial charge in [0.25, 0.3) is 0 Å². The summed E-state index contributed by atoms with van der Waals surface area (Å²) in [4.78, 5) is 9.52. The van der Waals surface area contributed by atoms with Crippen molar-refractivity contribution >= 4 is 24.0 Å². The number of aromatic nitrogens is 1. The molecule has 0 amide bonds. The number of hydrogen-bond acceptors (Lipinski definition) is 3. The average Bonchev–Trinajstić information content (AvgIpc) is 3.06. The topological polar surface area (TPSA) is 19.4 Å². The van der Waals surface area contributed by atoms with E-state index in [2.05, 4.69) is 52.2 Å². The molecule has 0 saturated carbocycles. The Bertz CT molecular complexity index is 662. The summed E-state index contributed by atoms with van der Waals surface area (Å²) < 4.78 is 0. The second kappa shape index (κ2) is 7.40. The molecule has 0 unspecified atom stereocenters. The van der Waals surface area contributed by atoms with Gasteiger partial charge in [0.05, 0.1) is 10.7 Å². The summed E-state index contributed by atoms with van der Waals surface area (Å²) in [6.07, 6.45) is 1.74. The van der Waals surface area contributed by atoms with Crippen LogP contribution in [0.4, 0.5) is 0 Å². The summed E-state index contributed by atoms with van der Waals surface area (Å²) in [5.41, 5.74) is 2.56. The molecule has 3 heterocycles. The Kier molecular flexibility index (Phi) is 5.46. The van der Waals surface area contributed by atoms with Crippen LogP contribution in [-0.4, -0.2) is 41.5 Å². The van der Waals surface area contributed by atoms with Gasteiger partial charge in [0, 0.05) is 38.4 Å². The number of rotatable bonds is 3. The maximum atomic E-state index is 5.93. The third-order valence-corrected chi connectivity index (χ3v) is 5.51. The van der Waals surface area contributed by atoms with Crippen molar-refractivity contribution in [3.8, 4) is 0 Å². The lowest BCUT2D eigenvalue weighted by Gasteiger charge is -2.26. The Labute approximate surface area is 155 Å². The molecule has 0 bridgehead atoms. The number of fused-ring (bicyclic) bond motifs is 1. The molecule has 1 aromatic carbocycles. The lowest BCUT2D eigenvalue weighted by molar-refractivity contribution is 0.223. The first-order valence-electron chi connectivity index (χ1n) is 8.28. The Hall–Kier alpha value is -1.13. The van der Waals surface area contributed by atoms with Crippen molar-refractivity contribution in [1.29, 1.82) is 0 Å². The van der Waals surface area contributed by atoms with E-state index >= 15 is 0 Å². The van der Waals surface area contributed by atoms with Crippen LogP contribution >= 0.6 is 24.0 Å². The molecule has 3 atom stereocenters. The minimum Gasteiger partial charge on any atom is -0.299 e. The first-order valence-corrected chi connectivity index (χ1v) is 8.66. The first-order chi connectivity index (χ1) is 11.2. The Morgan fingerprint density at radius 1 is 1.08 bits per heavy atom. The van der Waals surface area contributed by atoms with Gasteiger partial charge in [-0.1, -0.05) is 41.9 Å². The monoisotopic (exact) mass is 363 g/mol. The summed E-state index contributed by atoms with van der Waals surface area (Å²) >= 11 is 5.93. The molecule has 3 nitrogen and oxygen atoms in total. The number of pyridine rings is 1. The van der Waals surface area contributed by atoms with Crippen LogP contribution in [0.2, 0.25) is 5.02 Å². The molecule has 0 aliphatic carbocycles. The van der Waals surface area contributed by atoms with Crippen molar-refractivity contribution in [3.63, 3.8) is 0 Å². The van der Waals surface area contributed by atoms with Gasteiger partial charge in [-0.3, -0.25) is 14.8 Å². The van der Waals surface area contributed by atoms with E-state index in [0.29, 0.717) is 11.1 Å². The third kappa shape index (κ3) is 3.45. The summed E-state index contributed by atoms with van der Waals surface area (Å²) in [5.74, 6) is 1.48. The van der Waals surface area contributed by atoms with Crippen LogP contribution in [-0.2, 0) is 6.54 Å². The molecule has 2 fully saturated rings. The van der Waals surface area contributed by atoms with Crippen LogP contribution in [0, 0.1) is 11.8 Å². The second-order valence-corrected chi connectivity index (χ2v) is 7.32. The molecule has 2 saturated heterocycles. The van der Waals surface area contributed by atoms with E-state index in [9.17, 15) is 0 Å².